The van der Waals surface area contributed by atoms with E-state index in [2.05, 4.69) is 10.2 Å². The lowest BCUT2D eigenvalue weighted by Crippen LogP contribution is -2.01. The van der Waals surface area contributed by atoms with Crippen molar-refractivity contribution in [1.29, 1.82) is 5.26 Å². The van der Waals surface area contributed by atoms with Crippen molar-refractivity contribution < 1.29 is 13.0 Å². The lowest BCUT2D eigenvalue weighted by molar-refractivity contribution is 0.484. The molecular weight excluding hydrogens is 376 g/mol. The van der Waals surface area contributed by atoms with Crippen LogP contribution in [0.25, 0.3) is 10.8 Å². The summed E-state index contributed by atoms with van der Waals surface area (Å²) in [6.45, 7) is 0. The van der Waals surface area contributed by atoms with Gasteiger partial charge in [-0.2, -0.15) is 13.7 Å². The first-order valence-corrected chi connectivity index (χ1v) is 9.03. The summed E-state index contributed by atoms with van der Waals surface area (Å²) in [7, 11) is -4.50. The van der Waals surface area contributed by atoms with Gasteiger partial charge in [0.05, 0.1) is 11.3 Å². The normalized spacial score (nSPS) is 11.7. The van der Waals surface area contributed by atoms with Crippen LogP contribution in [-0.4, -0.2) is 13.0 Å². The molecule has 0 amide bonds. The molecule has 3 N–H and O–H groups in total. The van der Waals surface area contributed by atoms with Gasteiger partial charge in [0.1, 0.15) is 22.3 Å². The number of nitriles is 1. The highest BCUT2D eigenvalue weighted by Gasteiger charge is 2.18. The molecule has 3 aromatic carbocycles. The molecule has 26 heavy (non-hydrogen) atoms. The summed E-state index contributed by atoms with van der Waals surface area (Å²) in [5, 5.41) is 18.1. The minimum absolute atomic E-state index is 0.0511. The van der Waals surface area contributed by atoms with Crippen LogP contribution in [0.15, 0.2) is 63.7 Å². The van der Waals surface area contributed by atoms with E-state index in [0.717, 1.165) is 6.07 Å². The van der Waals surface area contributed by atoms with Crippen LogP contribution < -0.4 is 5.73 Å². The van der Waals surface area contributed by atoms with Crippen LogP contribution in [0.5, 0.6) is 0 Å². The average Bonchev–Trinajstić information content (AvgIpc) is 2.61. The molecule has 0 spiro atoms. The molecule has 3 rings (SSSR count). The lowest BCUT2D eigenvalue weighted by Gasteiger charge is -2.09. The molecule has 9 heteroatoms. The molecule has 0 saturated carbocycles. The monoisotopic (exact) mass is 386 g/mol. The van der Waals surface area contributed by atoms with Gasteiger partial charge in [-0.3, -0.25) is 4.55 Å². The minimum atomic E-state index is -4.50. The largest absolute Gasteiger partial charge is 0.396 e. The summed E-state index contributed by atoms with van der Waals surface area (Å²) < 4.78 is 32.9. The second kappa shape index (κ2) is 6.72. The molecule has 7 nitrogen and oxygen atoms in total. The van der Waals surface area contributed by atoms with Crippen LogP contribution in [-0.2, 0) is 10.1 Å². The molecule has 130 valence electrons. The maximum atomic E-state index is 11.7. The third kappa shape index (κ3) is 3.36. The molecule has 0 saturated heterocycles. The third-order valence-corrected chi connectivity index (χ3v) is 4.78. The molecule has 3 aromatic rings. The number of anilines is 1. The van der Waals surface area contributed by atoms with E-state index in [1.54, 1.807) is 24.3 Å². The Balaban J connectivity index is 2.21. The Morgan fingerprint density at radius 1 is 1.04 bits per heavy atom. The zero-order valence-electron chi connectivity index (χ0n) is 13.1. The van der Waals surface area contributed by atoms with Gasteiger partial charge in [0, 0.05) is 15.8 Å². The molecule has 0 radical (unpaired) electrons. The van der Waals surface area contributed by atoms with Crippen molar-refractivity contribution in [3.05, 3.63) is 59.1 Å². The lowest BCUT2D eigenvalue weighted by atomic mass is 10.1. The fourth-order valence-electron chi connectivity index (χ4n) is 2.44. The predicted molar refractivity (Wildman–Crippen MR) is 98.5 cm³/mol. The van der Waals surface area contributed by atoms with Crippen molar-refractivity contribution in [2.24, 2.45) is 10.2 Å². The maximum absolute atomic E-state index is 11.7. The Kier molecular flexibility index (Phi) is 4.61. The van der Waals surface area contributed by atoms with Crippen LogP contribution in [0.4, 0.5) is 17.1 Å². The predicted octanol–water partition coefficient (Wildman–Crippen LogP) is 4.61. The third-order valence-electron chi connectivity index (χ3n) is 3.65. The maximum Gasteiger partial charge on any atom is 0.295 e. The highest BCUT2D eigenvalue weighted by atomic mass is 35.5. The summed E-state index contributed by atoms with van der Waals surface area (Å²) in [5.74, 6) is 0. The van der Waals surface area contributed by atoms with Crippen molar-refractivity contribution in [2.75, 3.05) is 5.73 Å². The molecule has 0 unspecified atom stereocenters. The SMILES string of the molecule is N#Cc1cc(Cl)ccc1N=Nc1cc(S(=O)(=O)O)c2ccccc2c1N. The first-order chi connectivity index (χ1) is 12.3. The van der Waals surface area contributed by atoms with E-state index in [1.807, 2.05) is 6.07 Å². The smallest absolute Gasteiger partial charge is 0.295 e. The van der Waals surface area contributed by atoms with Crippen molar-refractivity contribution in [1.82, 2.24) is 0 Å². The van der Waals surface area contributed by atoms with Crippen molar-refractivity contribution in [2.45, 2.75) is 4.90 Å². The highest BCUT2D eigenvalue weighted by molar-refractivity contribution is 7.86. The molecule has 0 heterocycles. The van der Waals surface area contributed by atoms with E-state index < -0.39 is 10.1 Å². The van der Waals surface area contributed by atoms with Gasteiger partial charge >= 0.3 is 0 Å². The van der Waals surface area contributed by atoms with E-state index in [0.29, 0.717) is 10.4 Å². The van der Waals surface area contributed by atoms with Crippen molar-refractivity contribution in [3.8, 4) is 6.07 Å². The Hall–Kier alpha value is -2.99. The van der Waals surface area contributed by atoms with Gasteiger partial charge in [-0.15, -0.1) is 10.2 Å². The number of rotatable bonds is 3. The van der Waals surface area contributed by atoms with Crippen LogP contribution in [0.1, 0.15) is 5.56 Å². The standard InChI is InChI=1S/C17H11ClN4O3S/c18-11-5-6-14(10(7-11)9-19)21-22-15-8-16(26(23,24)25)12-3-1-2-4-13(12)17(15)20/h1-8H,20H2,(H,23,24,25). The van der Waals surface area contributed by atoms with Gasteiger partial charge in [-0.05, 0) is 24.3 Å². The molecule has 0 aliphatic carbocycles. The van der Waals surface area contributed by atoms with Crippen LogP contribution >= 0.6 is 11.6 Å². The molecule has 0 aliphatic heterocycles. The summed E-state index contributed by atoms with van der Waals surface area (Å²) >= 11 is 5.84. The summed E-state index contributed by atoms with van der Waals surface area (Å²) in [4.78, 5) is -0.326. The van der Waals surface area contributed by atoms with Crippen LogP contribution in [0, 0.1) is 11.3 Å². The second-order valence-corrected chi connectivity index (χ2v) is 7.13. The van der Waals surface area contributed by atoms with Gasteiger partial charge in [0.25, 0.3) is 10.1 Å². The van der Waals surface area contributed by atoms with E-state index >= 15 is 0 Å². The van der Waals surface area contributed by atoms with E-state index in [4.69, 9.17) is 22.6 Å². The Morgan fingerprint density at radius 2 is 1.69 bits per heavy atom. The number of nitrogen functional groups attached to an aromatic ring is 1. The fraction of sp³-hybridized carbons (Fsp3) is 0. The van der Waals surface area contributed by atoms with Crippen LogP contribution in [0.3, 0.4) is 0 Å². The topological polar surface area (TPSA) is 129 Å². The summed E-state index contributed by atoms with van der Waals surface area (Å²) in [6.07, 6.45) is 0. The number of halogens is 1. The zero-order chi connectivity index (χ0) is 18.9. The molecule has 0 aliphatic rings. The first kappa shape index (κ1) is 17.8. The number of hydrogen-bond acceptors (Lipinski definition) is 6. The van der Waals surface area contributed by atoms with Gasteiger partial charge in [-0.25, -0.2) is 0 Å². The van der Waals surface area contributed by atoms with Crippen molar-refractivity contribution in [3.63, 3.8) is 0 Å². The first-order valence-electron chi connectivity index (χ1n) is 7.21. The summed E-state index contributed by atoms with van der Waals surface area (Å²) in [6, 6.07) is 14.0. The molecule has 0 atom stereocenters. The Morgan fingerprint density at radius 3 is 2.35 bits per heavy atom. The van der Waals surface area contributed by atoms with E-state index in [-0.39, 0.29) is 32.9 Å². The molecular formula is C17H11ClN4O3S. The number of hydrogen-bond donors (Lipinski definition) is 2. The highest BCUT2D eigenvalue weighted by Crippen LogP contribution is 2.37. The second-order valence-electron chi connectivity index (χ2n) is 5.30. The molecule has 0 aromatic heterocycles. The van der Waals surface area contributed by atoms with E-state index in [9.17, 15) is 13.0 Å². The Labute approximate surface area is 154 Å². The number of fused-ring (bicyclic) bond motifs is 1. The quantitative estimate of drug-likeness (QED) is 0.385. The number of benzene rings is 3. The van der Waals surface area contributed by atoms with Gasteiger partial charge in [-0.1, -0.05) is 35.9 Å². The van der Waals surface area contributed by atoms with Crippen molar-refractivity contribution >= 4 is 49.6 Å². The fourth-order valence-corrected chi connectivity index (χ4v) is 3.33. The molecule has 0 bridgehead atoms. The Bertz CT molecular complexity index is 1200. The number of azo groups is 1. The van der Waals surface area contributed by atoms with Gasteiger partial charge in [0.15, 0.2) is 0 Å². The number of nitrogens with two attached hydrogens (primary N) is 1. The number of nitrogens with zero attached hydrogens (tertiary/aromatic N) is 3. The minimum Gasteiger partial charge on any atom is -0.396 e. The summed E-state index contributed by atoms with van der Waals surface area (Å²) in [5.41, 5.74) is 6.78. The zero-order valence-corrected chi connectivity index (χ0v) is 14.7. The van der Waals surface area contributed by atoms with E-state index in [1.165, 1.54) is 18.2 Å². The van der Waals surface area contributed by atoms with Crippen LogP contribution in [0.2, 0.25) is 5.02 Å². The average molecular weight is 387 g/mol. The van der Waals surface area contributed by atoms with Gasteiger partial charge < -0.3 is 5.73 Å². The van der Waals surface area contributed by atoms with Gasteiger partial charge in [0.2, 0.25) is 0 Å². The molecule has 0 fully saturated rings.